The number of nitrogens with one attached hydrogen (secondary N) is 1. The molecule has 4 heterocycles. The molecule has 2 bridgehead atoms. The second kappa shape index (κ2) is 10.2. The molecule has 39 heavy (non-hydrogen) atoms. The predicted molar refractivity (Wildman–Crippen MR) is 154 cm³/mol. The first-order valence-corrected chi connectivity index (χ1v) is 14.6. The molecule has 3 fully saturated rings. The molecular formula is C32H34N4O2S. The molecule has 6 nitrogen and oxygen atoms in total. The highest BCUT2D eigenvalue weighted by Crippen LogP contribution is 2.42. The molecule has 200 valence electrons. The number of hydrogen-bond donors (Lipinski definition) is 2. The van der Waals surface area contributed by atoms with Gasteiger partial charge in [0.15, 0.2) is 0 Å². The summed E-state index contributed by atoms with van der Waals surface area (Å²) in [6.45, 7) is 3.79. The third-order valence-corrected chi connectivity index (χ3v) is 9.68. The fourth-order valence-corrected chi connectivity index (χ4v) is 7.75. The minimum Gasteiger partial charge on any atom is -0.295 e. The summed E-state index contributed by atoms with van der Waals surface area (Å²) in [7, 11) is 0. The summed E-state index contributed by atoms with van der Waals surface area (Å²) in [5.41, 5.74) is 6.47. The Labute approximate surface area is 235 Å². The van der Waals surface area contributed by atoms with Crippen molar-refractivity contribution in [3.8, 4) is 0 Å². The Bertz CT molecular complexity index is 1340. The topological polar surface area (TPSA) is 55.9 Å². The summed E-state index contributed by atoms with van der Waals surface area (Å²) in [5, 5.41) is 2.37. The summed E-state index contributed by atoms with van der Waals surface area (Å²) in [4.78, 5) is 31.6. The second-order valence-corrected chi connectivity index (χ2v) is 11.9. The lowest BCUT2D eigenvalue weighted by Gasteiger charge is -2.39. The maximum Gasteiger partial charge on any atom is 0.243 e. The summed E-state index contributed by atoms with van der Waals surface area (Å²) >= 11 is 4.86. The van der Waals surface area contributed by atoms with Gasteiger partial charge in [-0.25, -0.2) is 0 Å². The number of imide groups is 1. The zero-order valence-corrected chi connectivity index (χ0v) is 22.8. The molecule has 2 amide bonds. The van der Waals surface area contributed by atoms with Gasteiger partial charge in [0, 0.05) is 44.7 Å². The van der Waals surface area contributed by atoms with Crippen LogP contribution in [0.5, 0.6) is 0 Å². The van der Waals surface area contributed by atoms with E-state index >= 15 is 0 Å². The summed E-state index contributed by atoms with van der Waals surface area (Å²) in [6, 6.07) is 29.7. The largest absolute Gasteiger partial charge is 0.295 e. The fourth-order valence-electron chi connectivity index (χ4n) is 7.26. The maximum absolute atomic E-state index is 12.5. The minimum absolute atomic E-state index is 0.123. The van der Waals surface area contributed by atoms with Gasteiger partial charge < -0.3 is 0 Å². The molecule has 4 atom stereocenters. The van der Waals surface area contributed by atoms with Crippen LogP contribution in [0.4, 0.5) is 0 Å². The Kier molecular flexibility index (Phi) is 6.55. The number of likely N-dealkylation sites (tertiary alicyclic amines) is 2. The highest BCUT2D eigenvalue weighted by Gasteiger charge is 2.46. The van der Waals surface area contributed by atoms with Gasteiger partial charge in [0.05, 0.1) is 17.5 Å². The number of rotatable bonds is 6. The van der Waals surface area contributed by atoms with Crippen molar-refractivity contribution in [1.82, 2.24) is 20.0 Å². The first kappa shape index (κ1) is 25.0. The monoisotopic (exact) mass is 538 g/mol. The standard InChI is InChI=1S/C32H34N4O2S/c37-29-14-13-28(31(38)33-29)36-18-24-15-21(11-12-27(24)32(36)39)17-34-19-26-16-25(34)20-35(26)30(22-7-3-1-4-8-22)23-9-5-2-6-10-23/h1-12,15,25-26,28,30,32,39H,13-14,16-20H2,(H,33,37,38)/t25-,26-,28?,32?/m0/s1. The van der Waals surface area contributed by atoms with Crippen molar-refractivity contribution in [2.24, 2.45) is 0 Å². The van der Waals surface area contributed by atoms with E-state index in [1.807, 2.05) is 0 Å². The molecule has 0 saturated carbocycles. The molecular weight excluding hydrogens is 504 g/mol. The van der Waals surface area contributed by atoms with E-state index in [-0.39, 0.29) is 29.3 Å². The number of carbonyl (C=O) groups excluding carboxylic acids is 2. The van der Waals surface area contributed by atoms with E-state index < -0.39 is 0 Å². The Balaban J connectivity index is 1.05. The number of hydrogen-bond acceptors (Lipinski definition) is 6. The number of benzene rings is 3. The summed E-state index contributed by atoms with van der Waals surface area (Å²) < 4.78 is 0. The molecule has 1 N–H and O–H groups in total. The molecule has 3 saturated heterocycles. The van der Waals surface area contributed by atoms with E-state index in [1.54, 1.807) is 0 Å². The van der Waals surface area contributed by atoms with Crippen molar-refractivity contribution in [3.63, 3.8) is 0 Å². The van der Waals surface area contributed by atoms with Gasteiger partial charge in [-0.15, -0.1) is 0 Å². The third-order valence-electron chi connectivity index (χ3n) is 9.11. The van der Waals surface area contributed by atoms with E-state index in [9.17, 15) is 9.59 Å². The van der Waals surface area contributed by atoms with Gasteiger partial charge in [0.2, 0.25) is 11.8 Å². The molecule has 0 aliphatic carbocycles. The molecule has 7 rings (SSSR count). The smallest absolute Gasteiger partial charge is 0.243 e. The van der Waals surface area contributed by atoms with Gasteiger partial charge in [0.1, 0.15) is 0 Å². The molecule has 4 aliphatic rings. The number of thiol groups is 1. The maximum atomic E-state index is 12.5. The average Bonchev–Trinajstić information content (AvgIpc) is 3.63. The quantitative estimate of drug-likeness (QED) is 0.363. The van der Waals surface area contributed by atoms with Gasteiger partial charge in [-0.2, -0.15) is 12.6 Å². The Morgan fingerprint density at radius 2 is 1.62 bits per heavy atom. The van der Waals surface area contributed by atoms with Crippen LogP contribution < -0.4 is 5.32 Å². The first-order valence-electron chi connectivity index (χ1n) is 14.0. The van der Waals surface area contributed by atoms with Crippen LogP contribution in [0.25, 0.3) is 0 Å². The summed E-state index contributed by atoms with van der Waals surface area (Å²) in [5.74, 6) is -0.372. The van der Waals surface area contributed by atoms with Crippen LogP contribution in [0.1, 0.15) is 58.5 Å². The van der Waals surface area contributed by atoms with Gasteiger partial charge in [-0.1, -0.05) is 78.9 Å². The summed E-state index contributed by atoms with van der Waals surface area (Å²) in [6.07, 6.45) is 2.16. The highest BCUT2D eigenvalue weighted by molar-refractivity contribution is 7.80. The number of amides is 2. The lowest BCUT2D eigenvalue weighted by atomic mass is 9.96. The van der Waals surface area contributed by atoms with E-state index in [2.05, 4.69) is 98.9 Å². The molecule has 3 aromatic carbocycles. The lowest BCUT2D eigenvalue weighted by Crippen LogP contribution is -2.51. The van der Waals surface area contributed by atoms with E-state index in [0.717, 1.165) is 19.6 Å². The second-order valence-electron chi connectivity index (χ2n) is 11.4. The number of piperidine rings is 1. The van der Waals surface area contributed by atoms with E-state index in [0.29, 0.717) is 31.5 Å². The minimum atomic E-state index is -0.302. The van der Waals surface area contributed by atoms with E-state index in [1.165, 1.54) is 34.2 Å². The van der Waals surface area contributed by atoms with Gasteiger partial charge in [-0.05, 0) is 40.7 Å². The van der Waals surface area contributed by atoms with E-state index in [4.69, 9.17) is 12.6 Å². The Morgan fingerprint density at radius 1 is 0.897 bits per heavy atom. The normalized spacial score (nSPS) is 27.3. The number of carbonyl (C=O) groups is 2. The predicted octanol–water partition coefficient (Wildman–Crippen LogP) is 4.28. The molecule has 4 aliphatic heterocycles. The number of piperazine rings is 1. The average molecular weight is 539 g/mol. The van der Waals surface area contributed by atoms with Crippen LogP contribution in [0.2, 0.25) is 0 Å². The SMILES string of the molecule is O=C1CCC(N2Cc3cc(CN4C[C@@H]5C[C@H]4CN5C(c4ccccc4)c4ccccc4)ccc3C2S)C(=O)N1. The number of fused-ring (bicyclic) bond motifs is 3. The van der Waals surface area contributed by atoms with Crippen molar-refractivity contribution in [2.45, 2.75) is 61.9 Å². The third kappa shape index (κ3) is 4.61. The fraction of sp³-hybridized carbons (Fsp3) is 0.375. The van der Waals surface area contributed by atoms with Crippen molar-refractivity contribution in [1.29, 1.82) is 0 Å². The van der Waals surface area contributed by atoms with Gasteiger partial charge >= 0.3 is 0 Å². The zero-order valence-electron chi connectivity index (χ0n) is 21.9. The van der Waals surface area contributed by atoms with Crippen molar-refractivity contribution < 1.29 is 9.59 Å². The Morgan fingerprint density at radius 3 is 2.26 bits per heavy atom. The lowest BCUT2D eigenvalue weighted by molar-refractivity contribution is -0.137. The highest BCUT2D eigenvalue weighted by atomic mass is 32.1. The van der Waals surface area contributed by atoms with Crippen LogP contribution in [-0.4, -0.2) is 57.7 Å². The molecule has 0 radical (unpaired) electrons. The van der Waals surface area contributed by atoms with Crippen LogP contribution in [-0.2, 0) is 22.7 Å². The van der Waals surface area contributed by atoms with Gasteiger partial charge in [-0.3, -0.25) is 29.6 Å². The van der Waals surface area contributed by atoms with Crippen molar-refractivity contribution in [2.75, 3.05) is 13.1 Å². The zero-order chi connectivity index (χ0) is 26.5. The van der Waals surface area contributed by atoms with Crippen LogP contribution in [0.15, 0.2) is 78.9 Å². The van der Waals surface area contributed by atoms with Crippen LogP contribution >= 0.6 is 12.6 Å². The molecule has 0 aromatic heterocycles. The van der Waals surface area contributed by atoms with Crippen molar-refractivity contribution in [3.05, 3.63) is 107 Å². The number of nitrogens with zero attached hydrogens (tertiary/aromatic N) is 3. The molecule has 7 heteroatoms. The van der Waals surface area contributed by atoms with Crippen LogP contribution in [0, 0.1) is 0 Å². The molecule has 0 spiro atoms. The molecule has 3 aromatic rings. The molecule has 2 unspecified atom stereocenters. The first-order chi connectivity index (χ1) is 19.0. The van der Waals surface area contributed by atoms with Gasteiger partial charge in [0.25, 0.3) is 0 Å². The Hall–Kier alpha value is -2.97. The van der Waals surface area contributed by atoms with Crippen molar-refractivity contribution >= 4 is 24.4 Å². The van der Waals surface area contributed by atoms with Crippen LogP contribution in [0.3, 0.4) is 0 Å².